The van der Waals surface area contributed by atoms with Crippen LogP contribution in [0, 0.1) is 6.92 Å². The van der Waals surface area contributed by atoms with E-state index in [0.29, 0.717) is 30.1 Å². The van der Waals surface area contributed by atoms with Crippen LogP contribution in [0.5, 0.6) is 5.75 Å². The molecule has 0 saturated carbocycles. The molecule has 1 unspecified atom stereocenters. The van der Waals surface area contributed by atoms with Crippen molar-refractivity contribution in [1.82, 2.24) is 0 Å². The zero-order chi connectivity index (χ0) is 25.6. The van der Waals surface area contributed by atoms with E-state index in [1.807, 2.05) is 44.2 Å². The van der Waals surface area contributed by atoms with Crippen molar-refractivity contribution in [2.45, 2.75) is 40.2 Å². The third-order valence-corrected chi connectivity index (χ3v) is 4.85. The Balaban J connectivity index is 2.25. The standard InChI is InChI=1S/C26H33N3O6/c1-7-15-33-20-13-14-21(18(3)16-20)24(28-32-6)17-27-35-19(4)22-11-9-10-12-23(22)25(26(30)31-5)29-34-8-2/h9-14,16-17,19H,7-8,15H2,1-6H3. The van der Waals surface area contributed by atoms with Gasteiger partial charge in [-0.15, -0.1) is 0 Å². The lowest BCUT2D eigenvalue weighted by Crippen LogP contribution is -2.20. The number of esters is 1. The van der Waals surface area contributed by atoms with E-state index in [0.717, 1.165) is 23.3 Å². The summed E-state index contributed by atoms with van der Waals surface area (Å²) in [5.74, 6) is 0.177. The van der Waals surface area contributed by atoms with Crippen LogP contribution >= 0.6 is 0 Å². The molecule has 0 spiro atoms. The second-order valence-corrected chi connectivity index (χ2v) is 7.40. The minimum Gasteiger partial charge on any atom is -0.494 e. The normalized spacial score (nSPS) is 12.9. The summed E-state index contributed by atoms with van der Waals surface area (Å²) in [4.78, 5) is 28.1. The fraction of sp³-hybridized carbons (Fsp3) is 0.385. The van der Waals surface area contributed by atoms with Crippen LogP contribution in [0.4, 0.5) is 0 Å². The van der Waals surface area contributed by atoms with Gasteiger partial charge in [0.2, 0.25) is 0 Å². The van der Waals surface area contributed by atoms with Crippen molar-refractivity contribution < 1.29 is 28.8 Å². The number of hydrogen-bond acceptors (Lipinski definition) is 9. The summed E-state index contributed by atoms with van der Waals surface area (Å²) in [7, 11) is 2.76. The number of oxime groups is 3. The molecule has 0 fully saturated rings. The van der Waals surface area contributed by atoms with Crippen LogP contribution < -0.4 is 4.74 Å². The lowest BCUT2D eigenvalue weighted by atomic mass is 9.99. The van der Waals surface area contributed by atoms with E-state index in [-0.39, 0.29) is 5.71 Å². The maximum Gasteiger partial charge on any atom is 0.360 e. The van der Waals surface area contributed by atoms with Gasteiger partial charge in [-0.2, -0.15) is 0 Å². The molecule has 2 aromatic rings. The van der Waals surface area contributed by atoms with Crippen molar-refractivity contribution >= 4 is 23.6 Å². The summed E-state index contributed by atoms with van der Waals surface area (Å²) >= 11 is 0. The smallest absolute Gasteiger partial charge is 0.360 e. The maximum atomic E-state index is 12.3. The SMILES string of the molecule is CCCOc1ccc(C(C=NOC(C)c2ccccc2C(=NOCC)C(=O)OC)=NOC)c(C)c1. The predicted octanol–water partition coefficient (Wildman–Crippen LogP) is 4.81. The minimum absolute atomic E-state index is 0.0482. The molecule has 0 bridgehead atoms. The first-order valence-corrected chi connectivity index (χ1v) is 11.4. The Morgan fingerprint density at radius 3 is 2.49 bits per heavy atom. The summed E-state index contributed by atoms with van der Waals surface area (Å²) < 4.78 is 10.6. The number of nitrogens with zero attached hydrogens (tertiary/aromatic N) is 3. The van der Waals surface area contributed by atoms with Crippen molar-refractivity contribution in [3.05, 3.63) is 64.7 Å². The lowest BCUT2D eigenvalue weighted by Gasteiger charge is -2.15. The molecule has 0 heterocycles. The predicted molar refractivity (Wildman–Crippen MR) is 135 cm³/mol. The molecule has 0 aliphatic heterocycles. The van der Waals surface area contributed by atoms with Crippen LogP contribution in [0.15, 0.2) is 57.9 Å². The zero-order valence-corrected chi connectivity index (χ0v) is 21.1. The second-order valence-electron chi connectivity index (χ2n) is 7.40. The lowest BCUT2D eigenvalue weighted by molar-refractivity contribution is -0.132. The Bertz CT molecular complexity index is 1060. The minimum atomic E-state index is -0.613. The zero-order valence-electron chi connectivity index (χ0n) is 21.1. The highest BCUT2D eigenvalue weighted by molar-refractivity contribution is 6.43. The third-order valence-electron chi connectivity index (χ3n) is 4.85. The molecule has 2 aromatic carbocycles. The van der Waals surface area contributed by atoms with Gasteiger partial charge in [0.25, 0.3) is 0 Å². The molecule has 0 radical (unpaired) electrons. The highest BCUT2D eigenvalue weighted by Crippen LogP contribution is 2.23. The van der Waals surface area contributed by atoms with E-state index < -0.39 is 12.1 Å². The summed E-state index contributed by atoms with van der Waals surface area (Å²) in [6, 6.07) is 12.9. The molecule has 9 heteroatoms. The topological polar surface area (TPSA) is 100 Å². The number of hydrogen-bond donors (Lipinski definition) is 0. The Hall–Kier alpha value is -3.88. The average molecular weight is 484 g/mol. The number of ether oxygens (including phenoxy) is 2. The fourth-order valence-corrected chi connectivity index (χ4v) is 3.19. The van der Waals surface area contributed by atoms with E-state index in [4.69, 9.17) is 24.0 Å². The van der Waals surface area contributed by atoms with Crippen molar-refractivity contribution in [1.29, 1.82) is 0 Å². The Morgan fingerprint density at radius 1 is 1.06 bits per heavy atom. The molecular weight excluding hydrogens is 450 g/mol. The summed E-state index contributed by atoms with van der Waals surface area (Å²) in [5, 5.41) is 12.1. The number of aryl methyl sites for hydroxylation is 1. The molecular formula is C26H33N3O6. The average Bonchev–Trinajstić information content (AvgIpc) is 2.87. The monoisotopic (exact) mass is 483 g/mol. The van der Waals surface area contributed by atoms with E-state index in [1.165, 1.54) is 20.4 Å². The summed E-state index contributed by atoms with van der Waals surface area (Å²) in [6.45, 7) is 8.56. The second kappa shape index (κ2) is 14.4. The van der Waals surface area contributed by atoms with Crippen LogP contribution in [0.1, 0.15) is 55.5 Å². The fourth-order valence-electron chi connectivity index (χ4n) is 3.19. The van der Waals surface area contributed by atoms with Gasteiger partial charge in [0.1, 0.15) is 31.3 Å². The largest absolute Gasteiger partial charge is 0.494 e. The van der Waals surface area contributed by atoms with E-state index >= 15 is 0 Å². The van der Waals surface area contributed by atoms with Gasteiger partial charge in [-0.05, 0) is 51.0 Å². The molecule has 0 aliphatic rings. The highest BCUT2D eigenvalue weighted by atomic mass is 16.6. The third kappa shape index (κ3) is 7.84. The number of methoxy groups -OCH3 is 1. The van der Waals surface area contributed by atoms with E-state index in [1.54, 1.807) is 19.1 Å². The molecule has 0 saturated heterocycles. The number of benzene rings is 2. The van der Waals surface area contributed by atoms with Gasteiger partial charge in [-0.25, -0.2) is 4.79 Å². The van der Waals surface area contributed by atoms with Crippen LogP contribution in [0.25, 0.3) is 0 Å². The van der Waals surface area contributed by atoms with Gasteiger partial charge < -0.3 is 24.0 Å². The molecule has 9 nitrogen and oxygen atoms in total. The van der Waals surface area contributed by atoms with Crippen molar-refractivity contribution in [2.75, 3.05) is 27.4 Å². The molecule has 2 rings (SSSR count). The number of rotatable bonds is 13. The summed E-state index contributed by atoms with van der Waals surface area (Å²) in [6.07, 6.45) is 1.89. The molecule has 0 aliphatic carbocycles. The summed E-state index contributed by atoms with van der Waals surface area (Å²) in [5.41, 5.74) is 3.53. The Kier molecular flexibility index (Phi) is 11.3. The highest BCUT2D eigenvalue weighted by Gasteiger charge is 2.22. The molecule has 188 valence electrons. The Labute approximate surface area is 206 Å². The molecule has 1 atom stereocenters. The van der Waals surface area contributed by atoms with Crippen LogP contribution in [0.3, 0.4) is 0 Å². The quantitative estimate of drug-likeness (QED) is 0.230. The number of carbonyl (C=O) groups excluding carboxylic acids is 1. The van der Waals surface area contributed by atoms with Crippen LogP contribution in [-0.4, -0.2) is 51.0 Å². The van der Waals surface area contributed by atoms with Gasteiger partial charge >= 0.3 is 5.97 Å². The molecule has 0 amide bonds. The van der Waals surface area contributed by atoms with Crippen LogP contribution in [-0.2, 0) is 24.0 Å². The van der Waals surface area contributed by atoms with E-state index in [9.17, 15) is 4.79 Å². The van der Waals surface area contributed by atoms with E-state index in [2.05, 4.69) is 22.4 Å². The first kappa shape index (κ1) is 27.4. The molecule has 0 N–H and O–H groups in total. The van der Waals surface area contributed by atoms with Crippen LogP contribution in [0.2, 0.25) is 0 Å². The molecule has 35 heavy (non-hydrogen) atoms. The van der Waals surface area contributed by atoms with Gasteiger partial charge in [-0.3, -0.25) is 0 Å². The number of carbonyl (C=O) groups is 1. The first-order chi connectivity index (χ1) is 17.0. The maximum absolute atomic E-state index is 12.3. The van der Waals surface area contributed by atoms with Crippen molar-refractivity contribution in [3.8, 4) is 5.75 Å². The first-order valence-electron chi connectivity index (χ1n) is 11.4. The van der Waals surface area contributed by atoms with Gasteiger partial charge in [0, 0.05) is 16.7 Å². The van der Waals surface area contributed by atoms with Gasteiger partial charge in [0.15, 0.2) is 5.71 Å². The molecule has 0 aromatic heterocycles. The van der Waals surface area contributed by atoms with Gasteiger partial charge in [-0.1, -0.05) is 46.7 Å². The Morgan fingerprint density at radius 2 is 1.83 bits per heavy atom. The van der Waals surface area contributed by atoms with Crippen molar-refractivity contribution in [3.63, 3.8) is 0 Å². The van der Waals surface area contributed by atoms with Crippen molar-refractivity contribution in [2.24, 2.45) is 15.5 Å². The van der Waals surface area contributed by atoms with Gasteiger partial charge in [0.05, 0.1) is 19.9 Å².